The molecule has 31 heavy (non-hydrogen) atoms. The first-order valence-corrected chi connectivity index (χ1v) is 11.4. The Morgan fingerprint density at radius 3 is 2.45 bits per heavy atom. The molecule has 0 aliphatic carbocycles. The Bertz CT molecular complexity index is 1160. The second-order valence-corrected chi connectivity index (χ2v) is 9.06. The molecule has 3 aromatic rings. The van der Waals surface area contributed by atoms with E-state index >= 15 is 0 Å². The fraction of sp³-hybridized carbons (Fsp3) is 0.381. The summed E-state index contributed by atoms with van der Waals surface area (Å²) in [7, 11) is -2.10. The fourth-order valence-electron chi connectivity index (χ4n) is 3.07. The van der Waals surface area contributed by atoms with Crippen molar-refractivity contribution >= 4 is 16.0 Å². The summed E-state index contributed by atoms with van der Waals surface area (Å²) in [6.07, 6.45) is 0.592. The highest BCUT2D eigenvalue weighted by Gasteiger charge is 2.27. The molecule has 0 amide bonds. The maximum atomic E-state index is 12.7. The van der Waals surface area contributed by atoms with Crippen LogP contribution in [-0.4, -0.2) is 46.5 Å². The van der Waals surface area contributed by atoms with Crippen LogP contribution in [0.15, 0.2) is 45.8 Å². The summed E-state index contributed by atoms with van der Waals surface area (Å²) in [6.45, 7) is 7.79. The predicted octanol–water partition coefficient (Wildman–Crippen LogP) is 3.33. The van der Waals surface area contributed by atoms with Crippen LogP contribution in [0.25, 0.3) is 11.5 Å². The van der Waals surface area contributed by atoms with Gasteiger partial charge in [0.15, 0.2) is 6.10 Å². The molecule has 10 heteroatoms. The third-order valence-electron chi connectivity index (χ3n) is 4.90. The molecule has 0 bridgehead atoms. The Hall–Kier alpha value is -2.98. The SMILES string of the molecule is CCN(CC)S(=O)(=O)c1cc(C(=O)O[C@@H](C)c2nnc(-c3ccc(C)cc3)o2)n(C)c1. The second kappa shape index (κ2) is 9.03. The number of carbonyl (C=O) groups excluding carboxylic acids is 1. The summed E-state index contributed by atoms with van der Waals surface area (Å²) in [5.74, 6) is -0.218. The second-order valence-electron chi connectivity index (χ2n) is 7.12. The lowest BCUT2D eigenvalue weighted by Gasteiger charge is -2.17. The van der Waals surface area contributed by atoms with E-state index in [1.165, 1.54) is 21.1 Å². The first-order valence-electron chi connectivity index (χ1n) is 9.95. The van der Waals surface area contributed by atoms with E-state index in [0.29, 0.717) is 19.0 Å². The molecule has 0 saturated carbocycles. The first kappa shape index (κ1) is 22.7. The molecule has 0 unspecified atom stereocenters. The Kier molecular flexibility index (Phi) is 6.61. The van der Waals surface area contributed by atoms with Gasteiger partial charge in [0.2, 0.25) is 15.9 Å². The summed E-state index contributed by atoms with van der Waals surface area (Å²) >= 11 is 0. The van der Waals surface area contributed by atoms with Crippen LogP contribution in [0.3, 0.4) is 0 Å². The molecule has 1 aromatic carbocycles. The summed E-state index contributed by atoms with van der Waals surface area (Å²) in [6, 6.07) is 8.91. The minimum absolute atomic E-state index is 0.0396. The van der Waals surface area contributed by atoms with Crippen molar-refractivity contribution in [2.24, 2.45) is 7.05 Å². The van der Waals surface area contributed by atoms with Gasteiger partial charge in [-0.1, -0.05) is 31.5 Å². The van der Waals surface area contributed by atoms with Crippen LogP contribution in [-0.2, 0) is 21.8 Å². The lowest BCUT2D eigenvalue weighted by Crippen LogP contribution is -2.30. The number of nitrogens with zero attached hydrogens (tertiary/aromatic N) is 4. The van der Waals surface area contributed by atoms with E-state index in [4.69, 9.17) is 9.15 Å². The highest BCUT2D eigenvalue weighted by atomic mass is 32.2. The van der Waals surface area contributed by atoms with Crippen molar-refractivity contribution in [1.82, 2.24) is 19.1 Å². The van der Waals surface area contributed by atoms with Crippen molar-refractivity contribution in [3.8, 4) is 11.5 Å². The van der Waals surface area contributed by atoms with Crippen molar-refractivity contribution in [2.45, 2.75) is 38.7 Å². The van der Waals surface area contributed by atoms with Crippen molar-refractivity contribution in [3.05, 3.63) is 53.7 Å². The van der Waals surface area contributed by atoms with E-state index in [2.05, 4.69) is 10.2 Å². The van der Waals surface area contributed by atoms with Gasteiger partial charge in [-0.3, -0.25) is 0 Å². The summed E-state index contributed by atoms with van der Waals surface area (Å²) in [5.41, 5.74) is 1.98. The highest BCUT2D eigenvalue weighted by molar-refractivity contribution is 7.89. The molecule has 0 N–H and O–H groups in total. The van der Waals surface area contributed by atoms with Gasteiger partial charge in [-0.25, -0.2) is 13.2 Å². The first-order chi connectivity index (χ1) is 14.7. The zero-order valence-corrected chi connectivity index (χ0v) is 19.0. The van der Waals surface area contributed by atoms with Gasteiger partial charge in [0.05, 0.1) is 0 Å². The quantitative estimate of drug-likeness (QED) is 0.488. The number of aryl methyl sites for hydroxylation is 2. The Morgan fingerprint density at radius 1 is 1.19 bits per heavy atom. The lowest BCUT2D eigenvalue weighted by atomic mass is 10.1. The number of carbonyl (C=O) groups is 1. The Balaban J connectivity index is 1.76. The van der Waals surface area contributed by atoms with Crippen LogP contribution >= 0.6 is 0 Å². The van der Waals surface area contributed by atoms with Crippen LogP contribution in [0.2, 0.25) is 0 Å². The average molecular weight is 447 g/mol. The molecule has 9 nitrogen and oxygen atoms in total. The molecule has 0 spiro atoms. The molecule has 2 heterocycles. The van der Waals surface area contributed by atoms with E-state index in [-0.39, 0.29) is 16.5 Å². The van der Waals surface area contributed by atoms with Gasteiger partial charge < -0.3 is 13.7 Å². The van der Waals surface area contributed by atoms with Crippen LogP contribution < -0.4 is 0 Å². The van der Waals surface area contributed by atoms with E-state index in [9.17, 15) is 13.2 Å². The predicted molar refractivity (Wildman–Crippen MR) is 114 cm³/mol. The van der Waals surface area contributed by atoms with Crippen molar-refractivity contribution in [2.75, 3.05) is 13.1 Å². The van der Waals surface area contributed by atoms with Gasteiger partial charge in [-0.05, 0) is 32.0 Å². The molecule has 3 rings (SSSR count). The zero-order valence-electron chi connectivity index (χ0n) is 18.2. The smallest absolute Gasteiger partial charge is 0.355 e. The molecule has 0 aliphatic heterocycles. The normalized spacial score (nSPS) is 12.8. The number of rotatable bonds is 8. The Morgan fingerprint density at radius 2 is 1.84 bits per heavy atom. The zero-order chi connectivity index (χ0) is 22.8. The highest BCUT2D eigenvalue weighted by Crippen LogP contribution is 2.24. The molecular formula is C21H26N4O5S. The lowest BCUT2D eigenvalue weighted by molar-refractivity contribution is 0.0269. The van der Waals surface area contributed by atoms with Gasteiger partial charge in [0.1, 0.15) is 10.6 Å². The van der Waals surface area contributed by atoms with Gasteiger partial charge in [0.25, 0.3) is 5.89 Å². The van der Waals surface area contributed by atoms with Crippen LogP contribution in [0.1, 0.15) is 48.8 Å². The van der Waals surface area contributed by atoms with Crippen LogP contribution in [0.4, 0.5) is 0 Å². The summed E-state index contributed by atoms with van der Waals surface area (Å²) < 4.78 is 39.3. The average Bonchev–Trinajstić information content (AvgIpc) is 3.37. The van der Waals surface area contributed by atoms with E-state index in [1.807, 2.05) is 31.2 Å². The number of esters is 1. The van der Waals surface area contributed by atoms with E-state index in [0.717, 1.165) is 11.1 Å². The minimum atomic E-state index is -3.68. The maximum Gasteiger partial charge on any atom is 0.355 e. The number of benzene rings is 1. The third-order valence-corrected chi connectivity index (χ3v) is 6.92. The van der Waals surface area contributed by atoms with Crippen molar-refractivity contribution in [1.29, 1.82) is 0 Å². The molecule has 166 valence electrons. The number of aromatic nitrogens is 3. The number of ether oxygens (including phenoxy) is 1. The van der Waals surface area contributed by atoms with E-state index in [1.54, 1.807) is 27.8 Å². The monoisotopic (exact) mass is 446 g/mol. The third kappa shape index (κ3) is 4.70. The molecule has 0 radical (unpaired) electrons. The molecule has 0 saturated heterocycles. The molecule has 2 aromatic heterocycles. The van der Waals surface area contributed by atoms with Crippen molar-refractivity contribution < 1.29 is 22.4 Å². The number of sulfonamides is 1. The Labute approximate surface area is 181 Å². The molecular weight excluding hydrogens is 420 g/mol. The minimum Gasteiger partial charge on any atom is -0.448 e. The molecule has 0 fully saturated rings. The molecule has 1 atom stereocenters. The van der Waals surface area contributed by atoms with Crippen LogP contribution in [0, 0.1) is 6.92 Å². The summed E-state index contributed by atoms with van der Waals surface area (Å²) in [4.78, 5) is 12.7. The van der Waals surface area contributed by atoms with Gasteiger partial charge in [0, 0.05) is 31.9 Å². The van der Waals surface area contributed by atoms with Gasteiger partial charge >= 0.3 is 5.97 Å². The fourth-order valence-corrected chi connectivity index (χ4v) is 4.60. The van der Waals surface area contributed by atoms with Crippen molar-refractivity contribution in [3.63, 3.8) is 0 Å². The van der Waals surface area contributed by atoms with E-state index < -0.39 is 22.1 Å². The molecule has 0 aliphatic rings. The van der Waals surface area contributed by atoms with Gasteiger partial charge in [-0.2, -0.15) is 4.31 Å². The topological polar surface area (TPSA) is 108 Å². The number of hydrogen-bond donors (Lipinski definition) is 0. The van der Waals surface area contributed by atoms with Gasteiger partial charge in [-0.15, -0.1) is 10.2 Å². The standard InChI is InChI=1S/C21H26N4O5S/c1-6-25(7-2)31(27,28)17-12-18(24(5)13-17)21(26)29-15(4)19-22-23-20(30-19)16-10-8-14(3)9-11-16/h8-13,15H,6-7H2,1-5H3/t15-/m0/s1. The summed E-state index contributed by atoms with van der Waals surface area (Å²) in [5, 5.41) is 7.98. The van der Waals surface area contributed by atoms with Crippen LogP contribution in [0.5, 0.6) is 0 Å². The number of hydrogen-bond acceptors (Lipinski definition) is 7. The largest absolute Gasteiger partial charge is 0.448 e. The maximum absolute atomic E-state index is 12.7.